The van der Waals surface area contributed by atoms with Crippen molar-refractivity contribution in [2.45, 2.75) is 31.2 Å². The van der Waals surface area contributed by atoms with E-state index in [0.29, 0.717) is 0 Å². The highest BCUT2D eigenvalue weighted by molar-refractivity contribution is 5.78. The molecule has 0 atom stereocenters. The van der Waals surface area contributed by atoms with Crippen molar-refractivity contribution in [2.24, 2.45) is 17.2 Å². The van der Waals surface area contributed by atoms with Crippen LogP contribution in [0.4, 0.5) is 0 Å². The maximum Gasteiger partial charge on any atom is 0.356 e. The Bertz CT molecular complexity index is 160. The van der Waals surface area contributed by atoms with Crippen LogP contribution in [-0.2, 0) is 9.53 Å². The molecule has 6 N–H and O–H groups in total. The zero-order chi connectivity index (χ0) is 8.48. The lowest BCUT2D eigenvalue weighted by molar-refractivity contribution is -0.159. The van der Waals surface area contributed by atoms with Crippen molar-refractivity contribution in [2.75, 3.05) is 0 Å². The Morgan fingerprint density at radius 2 is 1.91 bits per heavy atom. The van der Waals surface area contributed by atoms with Gasteiger partial charge in [0.15, 0.2) is 0 Å². The second-order valence-electron chi connectivity index (χ2n) is 2.89. The second-order valence-corrected chi connectivity index (χ2v) is 2.89. The van der Waals surface area contributed by atoms with Gasteiger partial charge >= 0.3 is 5.97 Å². The maximum absolute atomic E-state index is 10.9. The third-order valence-corrected chi connectivity index (χ3v) is 1.68. The van der Waals surface area contributed by atoms with E-state index in [4.69, 9.17) is 21.9 Å². The van der Waals surface area contributed by atoms with Crippen molar-refractivity contribution in [3.05, 3.63) is 0 Å². The standard InChI is InChI=1S/C6H13N3O2/c7-6(8,9)5(10)11-4-2-1-3-4/h4H,1-3,7-9H2. The number of rotatable bonds is 2. The van der Waals surface area contributed by atoms with Crippen LogP contribution in [0.2, 0.25) is 0 Å². The minimum Gasteiger partial charge on any atom is -0.459 e. The molecule has 5 heteroatoms. The van der Waals surface area contributed by atoms with E-state index < -0.39 is 11.8 Å². The molecule has 0 radical (unpaired) electrons. The zero-order valence-electron chi connectivity index (χ0n) is 6.25. The molecule has 1 saturated carbocycles. The van der Waals surface area contributed by atoms with Crippen LogP contribution in [0.5, 0.6) is 0 Å². The van der Waals surface area contributed by atoms with Crippen molar-refractivity contribution >= 4 is 5.97 Å². The number of carbonyl (C=O) groups excluding carboxylic acids is 1. The van der Waals surface area contributed by atoms with Crippen molar-refractivity contribution in [1.29, 1.82) is 0 Å². The summed E-state index contributed by atoms with van der Waals surface area (Å²) in [6.07, 6.45) is 2.85. The number of hydrogen-bond donors (Lipinski definition) is 3. The van der Waals surface area contributed by atoms with Crippen LogP contribution >= 0.6 is 0 Å². The lowest BCUT2D eigenvalue weighted by atomic mass is 9.96. The Hall–Kier alpha value is -0.650. The molecule has 0 heterocycles. The van der Waals surface area contributed by atoms with Gasteiger partial charge in [-0.05, 0) is 19.3 Å². The highest BCUT2D eigenvalue weighted by Gasteiger charge is 2.30. The zero-order valence-corrected chi connectivity index (χ0v) is 6.25. The SMILES string of the molecule is NC(N)(N)C(=O)OC1CCC1. The average Bonchev–Trinajstić information content (AvgIpc) is 1.75. The Morgan fingerprint density at radius 3 is 2.18 bits per heavy atom. The molecule has 1 fully saturated rings. The Labute approximate surface area is 64.9 Å². The third kappa shape index (κ3) is 2.14. The molecule has 0 aliphatic heterocycles. The first-order valence-electron chi connectivity index (χ1n) is 3.58. The molecule has 64 valence electrons. The van der Waals surface area contributed by atoms with Crippen LogP contribution in [0.25, 0.3) is 0 Å². The highest BCUT2D eigenvalue weighted by Crippen LogP contribution is 2.22. The monoisotopic (exact) mass is 159 g/mol. The molecule has 5 nitrogen and oxygen atoms in total. The molecular formula is C6H13N3O2. The molecule has 0 aromatic carbocycles. The summed E-state index contributed by atoms with van der Waals surface area (Å²) >= 11 is 0. The van der Waals surface area contributed by atoms with Gasteiger partial charge in [0.2, 0.25) is 5.79 Å². The minimum absolute atomic E-state index is 0.0162. The van der Waals surface area contributed by atoms with E-state index in [1.165, 1.54) is 0 Å². The van der Waals surface area contributed by atoms with Gasteiger partial charge in [-0.2, -0.15) is 0 Å². The molecule has 1 rings (SSSR count). The number of esters is 1. The fraction of sp³-hybridized carbons (Fsp3) is 0.833. The number of hydrogen-bond acceptors (Lipinski definition) is 5. The van der Waals surface area contributed by atoms with Gasteiger partial charge in [0, 0.05) is 0 Å². The van der Waals surface area contributed by atoms with Crippen LogP contribution in [0.1, 0.15) is 19.3 Å². The van der Waals surface area contributed by atoms with Crippen LogP contribution in [0, 0.1) is 0 Å². The largest absolute Gasteiger partial charge is 0.459 e. The molecular weight excluding hydrogens is 146 g/mol. The van der Waals surface area contributed by atoms with E-state index in [9.17, 15) is 4.79 Å². The summed E-state index contributed by atoms with van der Waals surface area (Å²) < 4.78 is 4.84. The van der Waals surface area contributed by atoms with Gasteiger partial charge in [-0.3, -0.25) is 17.2 Å². The van der Waals surface area contributed by atoms with Gasteiger partial charge in [-0.15, -0.1) is 0 Å². The first-order valence-corrected chi connectivity index (χ1v) is 3.58. The summed E-state index contributed by atoms with van der Waals surface area (Å²) in [5, 5.41) is 0. The average molecular weight is 159 g/mol. The van der Waals surface area contributed by atoms with Crippen LogP contribution in [0.15, 0.2) is 0 Å². The molecule has 11 heavy (non-hydrogen) atoms. The second kappa shape index (κ2) is 2.77. The lowest BCUT2D eigenvalue weighted by Gasteiger charge is -2.28. The maximum atomic E-state index is 10.9. The predicted molar refractivity (Wildman–Crippen MR) is 39.0 cm³/mol. The third-order valence-electron chi connectivity index (χ3n) is 1.68. The number of ether oxygens (including phenoxy) is 1. The Morgan fingerprint density at radius 1 is 1.36 bits per heavy atom. The molecule has 0 unspecified atom stereocenters. The van der Waals surface area contributed by atoms with Crippen LogP contribution in [0.3, 0.4) is 0 Å². The molecule has 0 bridgehead atoms. The highest BCUT2D eigenvalue weighted by atomic mass is 16.5. The van der Waals surface area contributed by atoms with E-state index in [-0.39, 0.29) is 6.10 Å². The van der Waals surface area contributed by atoms with Gasteiger partial charge in [-0.25, -0.2) is 4.79 Å². The summed E-state index contributed by atoms with van der Waals surface area (Å²) in [4.78, 5) is 10.9. The smallest absolute Gasteiger partial charge is 0.356 e. The van der Waals surface area contributed by atoms with Gasteiger partial charge < -0.3 is 4.74 Å². The molecule has 1 aliphatic rings. The molecule has 0 amide bonds. The summed E-state index contributed by atoms with van der Waals surface area (Å²) in [6, 6.07) is 0. The molecule has 0 aromatic heterocycles. The van der Waals surface area contributed by atoms with E-state index >= 15 is 0 Å². The minimum atomic E-state index is -1.84. The molecule has 0 spiro atoms. The molecule has 1 aliphatic carbocycles. The molecule has 0 saturated heterocycles. The fourth-order valence-electron chi connectivity index (χ4n) is 0.742. The van der Waals surface area contributed by atoms with Crippen LogP contribution < -0.4 is 17.2 Å². The van der Waals surface area contributed by atoms with E-state index in [1.807, 2.05) is 0 Å². The van der Waals surface area contributed by atoms with Gasteiger partial charge in [-0.1, -0.05) is 0 Å². The normalized spacial score (nSPS) is 19.2. The fourth-order valence-corrected chi connectivity index (χ4v) is 0.742. The van der Waals surface area contributed by atoms with Gasteiger partial charge in [0.1, 0.15) is 6.10 Å². The van der Waals surface area contributed by atoms with Gasteiger partial charge in [0.25, 0.3) is 0 Å². The van der Waals surface area contributed by atoms with Crippen molar-refractivity contribution < 1.29 is 9.53 Å². The lowest BCUT2D eigenvalue weighted by Crippen LogP contribution is -2.65. The summed E-state index contributed by atoms with van der Waals surface area (Å²) in [5.74, 6) is -2.57. The first-order chi connectivity index (χ1) is 5.00. The quantitative estimate of drug-likeness (QED) is 0.340. The van der Waals surface area contributed by atoms with E-state index in [2.05, 4.69) is 0 Å². The number of carbonyl (C=O) groups is 1. The Kier molecular flexibility index (Phi) is 2.12. The summed E-state index contributed by atoms with van der Waals surface area (Å²) in [5.41, 5.74) is 15.3. The summed E-state index contributed by atoms with van der Waals surface area (Å²) in [6.45, 7) is 0. The molecule has 0 aromatic rings. The number of nitrogens with two attached hydrogens (primary N) is 3. The van der Waals surface area contributed by atoms with Crippen molar-refractivity contribution in [3.63, 3.8) is 0 Å². The van der Waals surface area contributed by atoms with Crippen LogP contribution in [-0.4, -0.2) is 17.9 Å². The predicted octanol–water partition coefficient (Wildman–Crippen LogP) is -1.39. The van der Waals surface area contributed by atoms with Crippen molar-refractivity contribution in [1.82, 2.24) is 0 Å². The first kappa shape index (κ1) is 8.45. The summed E-state index contributed by atoms with van der Waals surface area (Å²) in [7, 11) is 0. The Balaban J connectivity index is 2.30. The van der Waals surface area contributed by atoms with E-state index in [0.717, 1.165) is 19.3 Å². The van der Waals surface area contributed by atoms with E-state index in [1.54, 1.807) is 0 Å². The van der Waals surface area contributed by atoms with Crippen molar-refractivity contribution in [3.8, 4) is 0 Å². The van der Waals surface area contributed by atoms with Gasteiger partial charge in [0.05, 0.1) is 0 Å². The topological polar surface area (TPSA) is 104 Å².